The minimum absolute atomic E-state index is 0.135. The molecule has 0 aromatic heterocycles. The highest BCUT2D eigenvalue weighted by Crippen LogP contribution is 2.64. The van der Waals surface area contributed by atoms with Crippen molar-refractivity contribution in [1.29, 1.82) is 0 Å². The Balaban J connectivity index is 1.40. The molecule has 5 rings (SSSR count). The molecule has 0 spiro atoms. The molecule has 4 unspecified atom stereocenters. The molecule has 2 saturated heterocycles. The van der Waals surface area contributed by atoms with Gasteiger partial charge < -0.3 is 4.74 Å². The van der Waals surface area contributed by atoms with Crippen LogP contribution in [0.15, 0.2) is 0 Å². The second-order valence-electron chi connectivity index (χ2n) is 10.4. The number of fused-ring (bicyclic) bond motifs is 3. The highest BCUT2D eigenvalue weighted by atomic mass is 19.3. The van der Waals surface area contributed by atoms with Crippen LogP contribution in [0, 0.1) is 29.1 Å². The maximum Gasteiger partial charge on any atom is 0.361 e. The Morgan fingerprint density at radius 3 is 2.07 bits per heavy atom. The summed E-state index contributed by atoms with van der Waals surface area (Å²) in [5.74, 6) is -0.0523. The summed E-state index contributed by atoms with van der Waals surface area (Å²) in [6, 6.07) is 0. The van der Waals surface area contributed by atoms with Gasteiger partial charge in [-0.2, -0.15) is 8.78 Å². The first kappa shape index (κ1) is 20.9. The molecule has 3 aliphatic carbocycles. The predicted octanol–water partition coefficient (Wildman–Crippen LogP) is 7.24. The normalized spacial score (nSPS) is 51.2. The zero-order valence-corrected chi connectivity index (χ0v) is 17.4. The van der Waals surface area contributed by atoms with Crippen LogP contribution >= 0.6 is 0 Å². The number of hydrogen-bond acceptors (Lipinski definition) is 1. The van der Waals surface area contributed by atoms with Gasteiger partial charge in [0.15, 0.2) is 0 Å². The van der Waals surface area contributed by atoms with Crippen LogP contribution in [0.1, 0.15) is 90.9 Å². The van der Waals surface area contributed by atoms with E-state index < -0.39 is 29.5 Å². The largest absolute Gasteiger partial charge is 0.361 e. The summed E-state index contributed by atoms with van der Waals surface area (Å²) in [7, 11) is 0. The number of alkyl halides is 4. The molecular formula is C23H36F4O. The van der Waals surface area contributed by atoms with Gasteiger partial charge in [0.1, 0.15) is 12.3 Å². The van der Waals surface area contributed by atoms with E-state index >= 15 is 0 Å². The van der Waals surface area contributed by atoms with Crippen molar-refractivity contribution in [3.8, 4) is 0 Å². The van der Waals surface area contributed by atoms with E-state index in [2.05, 4.69) is 0 Å². The van der Waals surface area contributed by atoms with Crippen molar-refractivity contribution in [2.75, 3.05) is 0 Å². The maximum atomic E-state index is 14.9. The summed E-state index contributed by atoms with van der Waals surface area (Å²) in [6.07, 6.45) is 2.95. The van der Waals surface area contributed by atoms with Crippen molar-refractivity contribution in [2.24, 2.45) is 29.1 Å². The Kier molecular flexibility index (Phi) is 5.55. The van der Waals surface area contributed by atoms with Crippen molar-refractivity contribution in [2.45, 2.75) is 115 Å². The minimum Gasteiger partial charge on any atom is -0.313 e. The standard InChI is InChI=1S/C23H36F4O/c1-3-10-21-11-13-22(14-12-21,28-23(21,26)27)17-7-5-16(6-8-17)18-9-4-15(2)19(24)20(18)25/h15-20H,3-14H2,1-2H3. The van der Waals surface area contributed by atoms with Gasteiger partial charge in [-0.25, -0.2) is 8.78 Å². The average molecular weight is 405 g/mol. The van der Waals surface area contributed by atoms with E-state index in [1.807, 2.05) is 6.92 Å². The van der Waals surface area contributed by atoms with Gasteiger partial charge in [-0.15, -0.1) is 0 Å². The molecule has 0 N–H and O–H groups in total. The molecule has 0 aromatic rings. The number of ether oxygens (including phenoxy) is 1. The second kappa shape index (κ2) is 7.42. The lowest BCUT2D eigenvalue weighted by Gasteiger charge is -2.60. The minimum atomic E-state index is -3.03. The Bertz CT molecular complexity index is 549. The molecule has 4 atom stereocenters. The van der Waals surface area contributed by atoms with Gasteiger partial charge in [-0.3, -0.25) is 0 Å². The lowest BCUT2D eigenvalue weighted by molar-refractivity contribution is -0.416. The summed E-state index contributed by atoms with van der Waals surface area (Å²) in [6.45, 7) is 3.76. The van der Waals surface area contributed by atoms with Crippen LogP contribution in [-0.4, -0.2) is 24.1 Å². The molecule has 162 valence electrons. The molecule has 0 amide bonds. The lowest BCUT2D eigenvalue weighted by Crippen LogP contribution is -2.63. The fraction of sp³-hybridized carbons (Fsp3) is 1.00. The van der Waals surface area contributed by atoms with Gasteiger partial charge in [0.25, 0.3) is 0 Å². The lowest BCUT2D eigenvalue weighted by atomic mass is 9.57. The molecule has 28 heavy (non-hydrogen) atoms. The molecule has 1 nitrogen and oxygen atoms in total. The van der Waals surface area contributed by atoms with Gasteiger partial charge in [-0.05, 0) is 94.3 Å². The zero-order valence-electron chi connectivity index (χ0n) is 17.4. The molecule has 2 aliphatic heterocycles. The van der Waals surface area contributed by atoms with Crippen molar-refractivity contribution in [1.82, 2.24) is 0 Å². The Labute approximate surface area is 167 Å². The Morgan fingerprint density at radius 1 is 0.857 bits per heavy atom. The maximum absolute atomic E-state index is 14.9. The van der Waals surface area contributed by atoms with E-state index in [4.69, 9.17) is 4.74 Å². The smallest absolute Gasteiger partial charge is 0.313 e. The summed E-state index contributed by atoms with van der Waals surface area (Å²) < 4.78 is 64.2. The molecule has 5 heteroatoms. The number of rotatable bonds is 4. The highest BCUT2D eigenvalue weighted by molar-refractivity contribution is 5.07. The van der Waals surface area contributed by atoms with Crippen molar-refractivity contribution in [3.05, 3.63) is 0 Å². The van der Waals surface area contributed by atoms with Crippen LogP contribution in [0.4, 0.5) is 17.6 Å². The first-order chi connectivity index (χ1) is 13.2. The van der Waals surface area contributed by atoms with Crippen LogP contribution in [-0.2, 0) is 4.74 Å². The third-order valence-corrected chi connectivity index (χ3v) is 9.06. The SMILES string of the molecule is CCCC12CCC(C3CCC(C4CCC(C)C(F)C4F)CC3)(CC1)OC2(F)F. The molecule has 5 aliphatic rings. The average Bonchev–Trinajstić information content (AvgIpc) is 2.67. The van der Waals surface area contributed by atoms with Gasteiger partial charge in [0.2, 0.25) is 0 Å². The summed E-state index contributed by atoms with van der Waals surface area (Å²) in [4.78, 5) is 0. The third-order valence-electron chi connectivity index (χ3n) is 9.06. The predicted molar refractivity (Wildman–Crippen MR) is 102 cm³/mol. The molecule has 0 aromatic carbocycles. The van der Waals surface area contributed by atoms with Gasteiger partial charge in [-0.1, -0.05) is 20.3 Å². The van der Waals surface area contributed by atoms with Crippen molar-refractivity contribution >= 4 is 0 Å². The van der Waals surface area contributed by atoms with Crippen LogP contribution in [0.25, 0.3) is 0 Å². The Morgan fingerprint density at radius 2 is 1.50 bits per heavy atom. The van der Waals surface area contributed by atoms with E-state index in [1.54, 1.807) is 6.92 Å². The summed E-state index contributed by atoms with van der Waals surface area (Å²) in [5, 5.41) is 0. The summed E-state index contributed by atoms with van der Waals surface area (Å²) in [5.41, 5.74) is -1.65. The molecule has 3 saturated carbocycles. The first-order valence-electron chi connectivity index (χ1n) is 11.6. The number of halogens is 4. The molecule has 5 fully saturated rings. The molecular weight excluding hydrogens is 368 g/mol. The monoisotopic (exact) mass is 404 g/mol. The summed E-state index contributed by atoms with van der Waals surface area (Å²) >= 11 is 0. The van der Waals surface area contributed by atoms with E-state index in [9.17, 15) is 17.6 Å². The van der Waals surface area contributed by atoms with Crippen LogP contribution < -0.4 is 0 Å². The van der Waals surface area contributed by atoms with Crippen LogP contribution in [0.2, 0.25) is 0 Å². The zero-order chi connectivity index (χ0) is 20.2. The Hall–Kier alpha value is -0.320. The van der Waals surface area contributed by atoms with Crippen LogP contribution in [0.3, 0.4) is 0 Å². The fourth-order valence-electron chi connectivity index (χ4n) is 7.17. The van der Waals surface area contributed by atoms with E-state index in [0.29, 0.717) is 19.3 Å². The van der Waals surface area contributed by atoms with Gasteiger partial charge >= 0.3 is 6.11 Å². The second-order valence-corrected chi connectivity index (χ2v) is 10.4. The third kappa shape index (κ3) is 3.22. The molecule has 0 radical (unpaired) electrons. The van der Waals surface area contributed by atoms with E-state index in [-0.39, 0.29) is 23.7 Å². The van der Waals surface area contributed by atoms with Gasteiger partial charge in [0, 0.05) is 0 Å². The van der Waals surface area contributed by atoms with E-state index in [1.165, 1.54) is 0 Å². The topological polar surface area (TPSA) is 9.23 Å². The highest BCUT2D eigenvalue weighted by Gasteiger charge is 2.67. The van der Waals surface area contributed by atoms with Crippen molar-refractivity contribution < 1.29 is 22.3 Å². The molecule has 2 heterocycles. The first-order valence-corrected chi connectivity index (χ1v) is 11.6. The van der Waals surface area contributed by atoms with Crippen molar-refractivity contribution in [3.63, 3.8) is 0 Å². The van der Waals surface area contributed by atoms with Gasteiger partial charge in [0.05, 0.1) is 11.0 Å². The molecule has 2 bridgehead atoms. The van der Waals surface area contributed by atoms with E-state index in [0.717, 1.165) is 57.8 Å². The number of hydrogen-bond donors (Lipinski definition) is 0. The quantitative estimate of drug-likeness (QED) is 0.449. The van der Waals surface area contributed by atoms with Crippen LogP contribution in [0.5, 0.6) is 0 Å². The fourth-order valence-corrected chi connectivity index (χ4v) is 7.17.